The molecule has 0 unspecified atom stereocenters. The zero-order chi connectivity index (χ0) is 9.26. The van der Waals surface area contributed by atoms with Gasteiger partial charge >= 0.3 is 0 Å². The van der Waals surface area contributed by atoms with E-state index in [-0.39, 0.29) is 5.78 Å². The molecule has 1 aliphatic carbocycles. The van der Waals surface area contributed by atoms with Crippen molar-refractivity contribution in [3.05, 3.63) is 35.3 Å². The van der Waals surface area contributed by atoms with Crippen molar-refractivity contribution in [2.24, 2.45) is 0 Å². The van der Waals surface area contributed by atoms with Gasteiger partial charge in [0.05, 0.1) is 11.8 Å². The third-order valence-corrected chi connectivity index (χ3v) is 2.44. The molecule has 2 rings (SSSR count). The van der Waals surface area contributed by atoms with Crippen LogP contribution in [-0.2, 0) is 0 Å². The molecule has 0 saturated heterocycles. The van der Waals surface area contributed by atoms with Crippen LogP contribution >= 0.6 is 0 Å². The van der Waals surface area contributed by atoms with E-state index in [9.17, 15) is 4.79 Å². The quantitative estimate of drug-likeness (QED) is 0.648. The molecule has 0 fully saturated rings. The van der Waals surface area contributed by atoms with Crippen LogP contribution in [0.25, 0.3) is 0 Å². The van der Waals surface area contributed by atoms with E-state index in [1.165, 1.54) is 0 Å². The van der Waals surface area contributed by atoms with Gasteiger partial charge in [0, 0.05) is 0 Å². The summed E-state index contributed by atoms with van der Waals surface area (Å²) >= 11 is 0. The number of allylic oxidation sites excluding steroid dienone is 2. The van der Waals surface area contributed by atoms with Crippen molar-refractivity contribution in [1.29, 1.82) is 0 Å². The lowest BCUT2D eigenvalue weighted by Crippen LogP contribution is -2.01. The molecule has 68 valence electrons. The molecule has 1 aliphatic rings. The Balaban J connectivity index is 2.27. The summed E-state index contributed by atoms with van der Waals surface area (Å²) < 4.78 is 5.10. The van der Waals surface area contributed by atoms with Crippen molar-refractivity contribution in [1.82, 2.24) is 0 Å². The second-order valence-corrected chi connectivity index (χ2v) is 3.34. The largest absolute Gasteiger partial charge is 0.469 e. The fourth-order valence-corrected chi connectivity index (χ4v) is 1.67. The molecule has 1 aromatic rings. The molecule has 0 bridgehead atoms. The number of carbonyl (C=O) groups excluding carboxylic acids is 1. The Kier molecular flexibility index (Phi) is 2.05. The first-order valence-corrected chi connectivity index (χ1v) is 4.57. The van der Waals surface area contributed by atoms with Gasteiger partial charge in [0.1, 0.15) is 5.76 Å². The Morgan fingerprint density at radius 1 is 1.54 bits per heavy atom. The Hall–Kier alpha value is -1.31. The third-order valence-electron chi connectivity index (χ3n) is 2.44. The van der Waals surface area contributed by atoms with Gasteiger partial charge in [-0.05, 0) is 37.8 Å². The van der Waals surface area contributed by atoms with Crippen molar-refractivity contribution in [3.8, 4) is 0 Å². The van der Waals surface area contributed by atoms with Crippen LogP contribution in [0.3, 0.4) is 0 Å². The fraction of sp³-hybridized carbons (Fsp3) is 0.364. The van der Waals surface area contributed by atoms with E-state index in [0.717, 1.165) is 30.6 Å². The Labute approximate surface area is 77.2 Å². The Morgan fingerprint density at radius 2 is 2.38 bits per heavy atom. The van der Waals surface area contributed by atoms with Crippen molar-refractivity contribution < 1.29 is 9.21 Å². The third kappa shape index (κ3) is 1.44. The summed E-state index contributed by atoms with van der Waals surface area (Å²) in [5, 5.41) is 0. The summed E-state index contributed by atoms with van der Waals surface area (Å²) in [6, 6.07) is 1.75. The predicted octanol–water partition coefficient (Wildman–Crippen LogP) is 2.88. The van der Waals surface area contributed by atoms with E-state index < -0.39 is 0 Å². The fourth-order valence-electron chi connectivity index (χ4n) is 1.67. The molecule has 0 N–H and O–H groups in total. The van der Waals surface area contributed by atoms with Crippen LogP contribution in [0.4, 0.5) is 0 Å². The highest BCUT2D eigenvalue weighted by Crippen LogP contribution is 2.23. The number of aryl methyl sites for hydroxylation is 1. The average Bonchev–Trinajstić information content (AvgIpc) is 2.72. The van der Waals surface area contributed by atoms with Gasteiger partial charge in [-0.1, -0.05) is 6.08 Å². The lowest BCUT2D eigenvalue weighted by Gasteiger charge is -1.98. The standard InChI is InChI=1S/C11H12O2/c1-8-10(6-7-13-8)11(12)9-4-2-3-5-9/h4,6-7H,2-3,5H2,1H3. The van der Waals surface area contributed by atoms with E-state index in [1.807, 2.05) is 13.0 Å². The van der Waals surface area contributed by atoms with Crippen LogP contribution in [0.2, 0.25) is 0 Å². The minimum Gasteiger partial charge on any atom is -0.469 e. The first-order valence-electron chi connectivity index (χ1n) is 4.57. The van der Waals surface area contributed by atoms with Crippen LogP contribution < -0.4 is 0 Å². The van der Waals surface area contributed by atoms with E-state index in [0.29, 0.717) is 5.56 Å². The lowest BCUT2D eigenvalue weighted by molar-refractivity contribution is 0.103. The molecule has 0 atom stereocenters. The summed E-state index contributed by atoms with van der Waals surface area (Å²) in [5.41, 5.74) is 1.66. The first kappa shape index (κ1) is 8.30. The number of hydrogen-bond acceptors (Lipinski definition) is 2. The molecule has 0 radical (unpaired) electrons. The molecule has 1 aromatic heterocycles. The molecular formula is C11H12O2. The second kappa shape index (κ2) is 3.21. The van der Waals surface area contributed by atoms with Crippen LogP contribution in [-0.4, -0.2) is 5.78 Å². The normalized spacial score (nSPS) is 15.9. The topological polar surface area (TPSA) is 30.2 Å². The molecule has 13 heavy (non-hydrogen) atoms. The monoisotopic (exact) mass is 176 g/mol. The highest BCUT2D eigenvalue weighted by atomic mass is 16.3. The first-order chi connectivity index (χ1) is 6.29. The number of rotatable bonds is 2. The molecule has 0 saturated carbocycles. The molecular weight excluding hydrogens is 164 g/mol. The Bertz CT molecular complexity index is 358. The van der Waals surface area contributed by atoms with Gasteiger partial charge in [0.2, 0.25) is 0 Å². The maximum absolute atomic E-state index is 11.8. The van der Waals surface area contributed by atoms with E-state index >= 15 is 0 Å². The number of ketones is 1. The summed E-state index contributed by atoms with van der Waals surface area (Å²) in [7, 11) is 0. The second-order valence-electron chi connectivity index (χ2n) is 3.34. The van der Waals surface area contributed by atoms with Crippen LogP contribution in [0.5, 0.6) is 0 Å². The van der Waals surface area contributed by atoms with E-state index in [2.05, 4.69) is 0 Å². The summed E-state index contributed by atoms with van der Waals surface area (Å²) in [5.74, 6) is 0.863. The summed E-state index contributed by atoms with van der Waals surface area (Å²) in [4.78, 5) is 11.8. The number of Topliss-reactive ketones (excluding diaryl/α,β-unsaturated/α-hetero) is 1. The molecule has 0 aliphatic heterocycles. The smallest absolute Gasteiger partial charge is 0.192 e. The van der Waals surface area contributed by atoms with Crippen LogP contribution in [0, 0.1) is 6.92 Å². The molecule has 0 spiro atoms. The molecule has 2 nitrogen and oxygen atoms in total. The van der Waals surface area contributed by atoms with Crippen LogP contribution in [0.1, 0.15) is 35.4 Å². The van der Waals surface area contributed by atoms with E-state index in [1.54, 1.807) is 12.3 Å². The summed E-state index contributed by atoms with van der Waals surface area (Å²) in [6.07, 6.45) is 6.67. The molecule has 1 heterocycles. The van der Waals surface area contributed by atoms with Gasteiger partial charge in [0.15, 0.2) is 5.78 Å². The highest BCUT2D eigenvalue weighted by molar-refractivity contribution is 6.09. The number of carbonyl (C=O) groups is 1. The van der Waals surface area contributed by atoms with Gasteiger partial charge < -0.3 is 4.42 Å². The lowest BCUT2D eigenvalue weighted by atomic mass is 10.0. The maximum Gasteiger partial charge on any atom is 0.192 e. The van der Waals surface area contributed by atoms with Crippen LogP contribution in [0.15, 0.2) is 28.4 Å². The van der Waals surface area contributed by atoms with Crippen molar-refractivity contribution in [3.63, 3.8) is 0 Å². The maximum atomic E-state index is 11.8. The minimum atomic E-state index is 0.142. The van der Waals surface area contributed by atoms with Gasteiger partial charge in [-0.3, -0.25) is 4.79 Å². The summed E-state index contributed by atoms with van der Waals surface area (Å²) in [6.45, 7) is 1.82. The number of furan rings is 1. The molecule has 2 heteroatoms. The zero-order valence-electron chi connectivity index (χ0n) is 7.67. The van der Waals surface area contributed by atoms with Crippen molar-refractivity contribution in [2.75, 3.05) is 0 Å². The number of hydrogen-bond donors (Lipinski definition) is 0. The highest BCUT2D eigenvalue weighted by Gasteiger charge is 2.18. The minimum absolute atomic E-state index is 0.142. The zero-order valence-corrected chi connectivity index (χ0v) is 7.67. The SMILES string of the molecule is Cc1occc1C(=O)C1=CCCC1. The van der Waals surface area contributed by atoms with Crippen molar-refractivity contribution >= 4 is 5.78 Å². The molecule has 0 aromatic carbocycles. The van der Waals surface area contributed by atoms with Gasteiger partial charge in [-0.25, -0.2) is 0 Å². The van der Waals surface area contributed by atoms with E-state index in [4.69, 9.17) is 4.42 Å². The van der Waals surface area contributed by atoms with Crippen molar-refractivity contribution in [2.45, 2.75) is 26.2 Å². The Morgan fingerprint density at radius 3 is 2.92 bits per heavy atom. The van der Waals surface area contributed by atoms with Gasteiger partial charge in [-0.15, -0.1) is 0 Å². The van der Waals surface area contributed by atoms with Gasteiger partial charge in [0.25, 0.3) is 0 Å². The average molecular weight is 176 g/mol. The van der Waals surface area contributed by atoms with Gasteiger partial charge in [-0.2, -0.15) is 0 Å². The predicted molar refractivity (Wildman–Crippen MR) is 49.7 cm³/mol. The molecule has 0 amide bonds.